The molecule has 0 saturated heterocycles. The van der Waals surface area contributed by atoms with E-state index in [1.165, 1.54) is 17.7 Å². The highest BCUT2D eigenvalue weighted by molar-refractivity contribution is 6.06. The Labute approximate surface area is 190 Å². The molecule has 1 saturated carbocycles. The largest absolute Gasteiger partial charge is 0.393 e. The van der Waals surface area contributed by atoms with Crippen molar-refractivity contribution in [3.63, 3.8) is 0 Å². The van der Waals surface area contributed by atoms with Crippen LogP contribution in [-0.4, -0.2) is 34.7 Å². The fourth-order valence-electron chi connectivity index (χ4n) is 7.78. The molecule has 2 N–H and O–H groups in total. The van der Waals surface area contributed by atoms with Gasteiger partial charge in [0.2, 0.25) is 0 Å². The van der Waals surface area contributed by atoms with E-state index in [1.54, 1.807) is 11.1 Å². The molecule has 31 heavy (non-hydrogen) atoms. The number of allylic oxidation sites excluding steroid dienone is 3. The molecule has 0 radical (unpaired) electrons. The van der Waals surface area contributed by atoms with Crippen molar-refractivity contribution >= 4 is 5.71 Å². The second-order valence-electron chi connectivity index (χ2n) is 12.1. The summed E-state index contributed by atoms with van der Waals surface area (Å²) < 4.78 is 0. The smallest absolute Gasteiger partial charge is 0.0775 e. The minimum Gasteiger partial charge on any atom is -0.393 e. The highest BCUT2D eigenvalue weighted by Gasteiger charge is 2.54. The van der Waals surface area contributed by atoms with Gasteiger partial charge in [-0.3, -0.25) is 4.99 Å². The van der Waals surface area contributed by atoms with Crippen LogP contribution < -0.4 is 0 Å². The summed E-state index contributed by atoms with van der Waals surface area (Å²) >= 11 is 0. The fourth-order valence-corrected chi connectivity index (χ4v) is 7.78. The van der Waals surface area contributed by atoms with Crippen LogP contribution in [0.5, 0.6) is 0 Å². The topological polar surface area (TPSA) is 52.8 Å². The first-order valence-electron chi connectivity index (χ1n) is 12.9. The van der Waals surface area contributed by atoms with Crippen molar-refractivity contribution in [1.29, 1.82) is 0 Å². The van der Waals surface area contributed by atoms with E-state index in [4.69, 9.17) is 4.99 Å². The number of hydrogen-bond acceptors (Lipinski definition) is 3. The number of aliphatic hydroxyl groups is 2. The third-order valence-corrected chi connectivity index (χ3v) is 9.91. The molecular formula is C28H45NO2. The SMILES string of the molecule is C=C(CC[C@@H](C)[C@H]1[C@H](O)CN=C2C3=C(CC[C@@]21C)[C@@]1(C)CC[C@H](O)C[C@@H]1CC3)C(C)C. The van der Waals surface area contributed by atoms with Crippen LogP contribution in [0.25, 0.3) is 0 Å². The maximum absolute atomic E-state index is 11.1. The van der Waals surface area contributed by atoms with Crippen LogP contribution >= 0.6 is 0 Å². The molecule has 174 valence electrons. The third-order valence-electron chi connectivity index (χ3n) is 9.91. The van der Waals surface area contributed by atoms with E-state index in [1.807, 2.05) is 0 Å². The molecule has 0 aromatic rings. The van der Waals surface area contributed by atoms with Gasteiger partial charge in [0, 0.05) is 17.0 Å². The van der Waals surface area contributed by atoms with Crippen LogP contribution in [0.15, 0.2) is 28.3 Å². The average molecular weight is 428 g/mol. The summed E-state index contributed by atoms with van der Waals surface area (Å²) in [5, 5.41) is 21.4. The van der Waals surface area contributed by atoms with Crippen LogP contribution in [0.4, 0.5) is 0 Å². The van der Waals surface area contributed by atoms with Gasteiger partial charge in [-0.1, -0.05) is 52.3 Å². The highest BCUT2D eigenvalue weighted by atomic mass is 16.3. The van der Waals surface area contributed by atoms with Crippen molar-refractivity contribution < 1.29 is 10.2 Å². The number of nitrogens with zero attached hydrogens (tertiary/aromatic N) is 1. The van der Waals surface area contributed by atoms with E-state index < -0.39 is 0 Å². The summed E-state index contributed by atoms with van der Waals surface area (Å²) in [5.41, 5.74) is 6.08. The van der Waals surface area contributed by atoms with Crippen molar-refractivity contribution in [2.24, 2.45) is 39.5 Å². The zero-order valence-electron chi connectivity index (χ0n) is 20.6. The van der Waals surface area contributed by atoms with Gasteiger partial charge in [-0.15, -0.1) is 0 Å². The summed E-state index contributed by atoms with van der Waals surface area (Å²) in [4.78, 5) is 5.07. The second-order valence-corrected chi connectivity index (χ2v) is 12.1. The average Bonchev–Trinajstić information content (AvgIpc) is 2.71. The number of aliphatic hydroxyl groups excluding tert-OH is 2. The monoisotopic (exact) mass is 427 g/mol. The molecule has 0 unspecified atom stereocenters. The number of rotatable bonds is 5. The van der Waals surface area contributed by atoms with Crippen LogP contribution in [-0.2, 0) is 0 Å². The predicted octanol–water partition coefficient (Wildman–Crippen LogP) is 6.10. The number of hydrogen-bond donors (Lipinski definition) is 2. The van der Waals surface area contributed by atoms with E-state index in [0.29, 0.717) is 24.3 Å². The van der Waals surface area contributed by atoms with Crippen LogP contribution in [0.2, 0.25) is 0 Å². The van der Waals surface area contributed by atoms with E-state index in [9.17, 15) is 10.2 Å². The molecule has 0 amide bonds. The second kappa shape index (κ2) is 8.45. The van der Waals surface area contributed by atoms with E-state index >= 15 is 0 Å². The molecular weight excluding hydrogens is 382 g/mol. The molecule has 4 rings (SSSR count). The molecule has 3 heteroatoms. The molecule has 3 nitrogen and oxygen atoms in total. The Bertz CT molecular complexity index is 780. The van der Waals surface area contributed by atoms with Crippen molar-refractivity contribution in [3.8, 4) is 0 Å². The summed E-state index contributed by atoms with van der Waals surface area (Å²) in [5.74, 6) is 1.88. The first-order valence-corrected chi connectivity index (χ1v) is 12.9. The normalized spacial score (nSPS) is 41.2. The van der Waals surface area contributed by atoms with Gasteiger partial charge < -0.3 is 10.2 Å². The van der Waals surface area contributed by atoms with Gasteiger partial charge in [-0.05, 0) is 86.5 Å². The van der Waals surface area contributed by atoms with Gasteiger partial charge in [0.05, 0.1) is 18.8 Å². The van der Waals surface area contributed by atoms with Gasteiger partial charge in [0.15, 0.2) is 0 Å². The summed E-state index contributed by atoms with van der Waals surface area (Å²) in [7, 11) is 0. The van der Waals surface area contributed by atoms with E-state index in [2.05, 4.69) is 41.2 Å². The maximum Gasteiger partial charge on any atom is 0.0775 e. The Morgan fingerprint density at radius 3 is 2.55 bits per heavy atom. The van der Waals surface area contributed by atoms with Crippen LogP contribution in [0.3, 0.4) is 0 Å². The third kappa shape index (κ3) is 3.88. The lowest BCUT2D eigenvalue weighted by molar-refractivity contribution is 0.00346. The molecule has 0 aromatic heterocycles. The number of fused-ring (bicyclic) bond motifs is 4. The van der Waals surface area contributed by atoms with Crippen molar-refractivity contribution in [1.82, 2.24) is 0 Å². The molecule has 3 aliphatic carbocycles. The van der Waals surface area contributed by atoms with Gasteiger partial charge in [0.25, 0.3) is 0 Å². The first-order chi connectivity index (χ1) is 14.6. The van der Waals surface area contributed by atoms with Crippen LogP contribution in [0.1, 0.15) is 92.4 Å². The lowest BCUT2D eigenvalue weighted by Gasteiger charge is -2.56. The van der Waals surface area contributed by atoms with E-state index in [0.717, 1.165) is 51.4 Å². The lowest BCUT2D eigenvalue weighted by Crippen LogP contribution is -2.54. The molecule has 1 aliphatic heterocycles. The van der Waals surface area contributed by atoms with Crippen molar-refractivity contribution in [3.05, 3.63) is 23.3 Å². The van der Waals surface area contributed by atoms with Gasteiger partial charge in [-0.2, -0.15) is 0 Å². The van der Waals surface area contributed by atoms with Gasteiger partial charge in [-0.25, -0.2) is 0 Å². The minimum atomic E-state index is -0.338. The standard InChI is InChI=1S/C28H45NO2/c1-17(2)18(3)7-8-19(4)25-24(31)16-29-26-22-10-9-20-15-21(30)11-13-27(20,5)23(22)12-14-28(25,26)6/h17,19-21,24-25,30-31H,3,7-16H2,1-2,4-6H3/t19-,20+,21+,24-,25+,27+,28-/m1/s1. The summed E-state index contributed by atoms with van der Waals surface area (Å²) in [6.45, 7) is 16.5. The molecule has 0 spiro atoms. The predicted molar refractivity (Wildman–Crippen MR) is 129 cm³/mol. The Kier molecular flexibility index (Phi) is 6.33. The Balaban J connectivity index is 1.62. The minimum absolute atomic E-state index is 0.0214. The lowest BCUT2D eigenvalue weighted by atomic mass is 9.50. The fraction of sp³-hybridized carbons (Fsp3) is 0.821. The first kappa shape index (κ1) is 23.2. The molecule has 7 atom stereocenters. The molecule has 1 fully saturated rings. The zero-order valence-corrected chi connectivity index (χ0v) is 20.6. The molecule has 0 aromatic carbocycles. The van der Waals surface area contributed by atoms with Gasteiger partial charge in [0.1, 0.15) is 0 Å². The van der Waals surface area contributed by atoms with E-state index in [-0.39, 0.29) is 29.0 Å². The van der Waals surface area contributed by atoms with Crippen LogP contribution in [0, 0.1) is 34.5 Å². The molecule has 1 heterocycles. The molecule has 0 bridgehead atoms. The van der Waals surface area contributed by atoms with Gasteiger partial charge >= 0.3 is 0 Å². The Hall–Kier alpha value is -0.930. The molecule has 4 aliphatic rings. The summed E-state index contributed by atoms with van der Waals surface area (Å²) in [6.07, 6.45) is 9.26. The highest BCUT2D eigenvalue weighted by Crippen LogP contribution is 2.60. The maximum atomic E-state index is 11.1. The van der Waals surface area contributed by atoms with Crippen molar-refractivity contribution in [2.45, 2.75) is 105 Å². The Morgan fingerprint density at radius 1 is 1.10 bits per heavy atom. The quantitative estimate of drug-likeness (QED) is 0.521. The zero-order chi connectivity index (χ0) is 22.6. The number of aliphatic imine (C=N–C) groups is 1. The van der Waals surface area contributed by atoms with Crippen molar-refractivity contribution in [2.75, 3.05) is 6.54 Å². The summed E-state index contributed by atoms with van der Waals surface area (Å²) in [6, 6.07) is 0. The Morgan fingerprint density at radius 2 is 1.84 bits per heavy atom.